The maximum Gasteiger partial charge on any atom is 0.127 e. The van der Waals surface area contributed by atoms with E-state index in [4.69, 9.17) is 10.7 Å². The smallest absolute Gasteiger partial charge is 0.127 e. The van der Waals surface area contributed by atoms with Gasteiger partial charge in [-0.1, -0.05) is 12.1 Å². The predicted molar refractivity (Wildman–Crippen MR) is 84.7 cm³/mol. The average molecular weight is 277 g/mol. The Labute approximate surface area is 119 Å². The van der Waals surface area contributed by atoms with E-state index < -0.39 is 0 Å². The van der Waals surface area contributed by atoms with Gasteiger partial charge < -0.3 is 10.3 Å². The normalized spacial score (nSPS) is 13.9. The summed E-state index contributed by atoms with van der Waals surface area (Å²) in [6.45, 7) is 6.60. The Hall–Kier alpha value is -1.00. The first-order valence-electron chi connectivity index (χ1n) is 6.67. The molecule has 0 amide bonds. The van der Waals surface area contributed by atoms with Gasteiger partial charge in [-0.15, -0.1) is 0 Å². The van der Waals surface area contributed by atoms with Gasteiger partial charge in [-0.25, -0.2) is 4.98 Å². The molecule has 3 nitrogen and oxygen atoms in total. The van der Waals surface area contributed by atoms with Crippen molar-refractivity contribution >= 4 is 22.8 Å². The van der Waals surface area contributed by atoms with Gasteiger partial charge in [-0.2, -0.15) is 11.8 Å². The Morgan fingerprint density at radius 2 is 2.00 bits per heavy atom. The highest BCUT2D eigenvalue weighted by Crippen LogP contribution is 2.28. The quantitative estimate of drug-likeness (QED) is 0.929. The average Bonchev–Trinajstić information content (AvgIpc) is 2.74. The van der Waals surface area contributed by atoms with Crippen LogP contribution in [0, 0.1) is 0 Å². The number of para-hydroxylation sites is 2. The molecule has 0 aliphatic heterocycles. The first-order valence-corrected chi connectivity index (χ1v) is 8.07. The van der Waals surface area contributed by atoms with Gasteiger partial charge in [0.05, 0.1) is 17.1 Å². The van der Waals surface area contributed by atoms with Crippen molar-refractivity contribution in [2.24, 2.45) is 5.73 Å². The molecular weight excluding hydrogens is 254 g/mol. The molecule has 0 aliphatic rings. The van der Waals surface area contributed by atoms with Crippen molar-refractivity contribution in [3.63, 3.8) is 0 Å². The van der Waals surface area contributed by atoms with Crippen LogP contribution in [0.5, 0.6) is 0 Å². The lowest BCUT2D eigenvalue weighted by atomic mass is 10.1. The van der Waals surface area contributed by atoms with Crippen LogP contribution in [-0.2, 0) is 5.54 Å². The van der Waals surface area contributed by atoms with E-state index in [1.807, 2.05) is 17.8 Å². The molecule has 2 rings (SSSR count). The van der Waals surface area contributed by atoms with Gasteiger partial charge in [0.2, 0.25) is 0 Å². The Morgan fingerprint density at radius 1 is 1.32 bits per heavy atom. The number of rotatable bonds is 4. The number of nitrogens with two attached hydrogens (primary N) is 1. The van der Waals surface area contributed by atoms with Crippen LogP contribution in [0.4, 0.5) is 0 Å². The Balaban J connectivity index is 2.53. The third kappa shape index (κ3) is 2.95. The van der Waals surface area contributed by atoms with Crippen LogP contribution >= 0.6 is 11.8 Å². The lowest BCUT2D eigenvalue weighted by Crippen LogP contribution is -2.28. The van der Waals surface area contributed by atoms with E-state index in [9.17, 15) is 0 Å². The van der Waals surface area contributed by atoms with Crippen LogP contribution in [0.15, 0.2) is 24.3 Å². The molecule has 0 radical (unpaired) electrons. The Morgan fingerprint density at radius 3 is 2.63 bits per heavy atom. The predicted octanol–water partition coefficient (Wildman–Crippen LogP) is 3.54. The molecule has 0 saturated carbocycles. The first kappa shape index (κ1) is 14.4. The van der Waals surface area contributed by atoms with E-state index in [2.05, 4.69) is 49.8 Å². The fourth-order valence-electron chi connectivity index (χ4n) is 2.37. The second-order valence-electron chi connectivity index (χ2n) is 5.85. The monoisotopic (exact) mass is 277 g/mol. The second-order valence-corrected chi connectivity index (χ2v) is 6.84. The summed E-state index contributed by atoms with van der Waals surface area (Å²) in [4.78, 5) is 4.76. The van der Waals surface area contributed by atoms with Gasteiger partial charge in [0.1, 0.15) is 5.82 Å². The van der Waals surface area contributed by atoms with Crippen LogP contribution in [0.3, 0.4) is 0 Å². The second kappa shape index (κ2) is 5.55. The summed E-state index contributed by atoms with van der Waals surface area (Å²) in [5.41, 5.74) is 8.54. The minimum atomic E-state index is -0.0115. The number of hydrogen-bond acceptors (Lipinski definition) is 3. The molecule has 1 aromatic carbocycles. The van der Waals surface area contributed by atoms with Crippen molar-refractivity contribution in [2.45, 2.75) is 38.8 Å². The van der Waals surface area contributed by atoms with E-state index in [0.29, 0.717) is 0 Å². The van der Waals surface area contributed by atoms with Gasteiger partial charge >= 0.3 is 0 Å². The van der Waals surface area contributed by atoms with Crippen LogP contribution in [0.2, 0.25) is 0 Å². The summed E-state index contributed by atoms with van der Waals surface area (Å²) < 4.78 is 2.29. The third-order valence-electron chi connectivity index (χ3n) is 3.22. The summed E-state index contributed by atoms with van der Waals surface area (Å²) in [7, 11) is 0. The molecule has 0 spiro atoms. The van der Waals surface area contributed by atoms with Crippen LogP contribution < -0.4 is 5.73 Å². The molecule has 0 bridgehead atoms. The molecule has 2 N–H and O–H groups in total. The zero-order valence-corrected chi connectivity index (χ0v) is 13.0. The molecule has 0 fully saturated rings. The maximum absolute atomic E-state index is 6.35. The molecule has 19 heavy (non-hydrogen) atoms. The summed E-state index contributed by atoms with van der Waals surface area (Å²) in [5.74, 6) is 2.07. The zero-order valence-electron chi connectivity index (χ0n) is 12.2. The first-order chi connectivity index (χ1) is 8.95. The summed E-state index contributed by atoms with van der Waals surface area (Å²) in [5, 5.41) is 0. The minimum absolute atomic E-state index is 0.000856. The number of fused-ring (bicyclic) bond motifs is 1. The molecule has 1 unspecified atom stereocenters. The number of thioether (sulfide) groups is 1. The van der Waals surface area contributed by atoms with Gasteiger partial charge in [0, 0.05) is 5.54 Å². The van der Waals surface area contributed by atoms with Gasteiger partial charge in [0.25, 0.3) is 0 Å². The number of imidazole rings is 1. The van der Waals surface area contributed by atoms with Crippen LogP contribution in [0.1, 0.15) is 39.1 Å². The lowest BCUT2D eigenvalue weighted by Gasteiger charge is -2.26. The van der Waals surface area contributed by atoms with Gasteiger partial charge in [-0.3, -0.25) is 0 Å². The van der Waals surface area contributed by atoms with Crippen molar-refractivity contribution in [3.05, 3.63) is 30.1 Å². The molecule has 2 aromatic rings. The molecule has 0 saturated heterocycles. The number of hydrogen-bond donors (Lipinski definition) is 1. The van der Waals surface area contributed by atoms with Crippen molar-refractivity contribution in [1.29, 1.82) is 0 Å². The molecule has 1 heterocycles. The summed E-state index contributed by atoms with van der Waals surface area (Å²) in [6, 6.07) is 8.27. The highest BCUT2D eigenvalue weighted by molar-refractivity contribution is 7.98. The van der Waals surface area contributed by atoms with Gasteiger partial charge in [-0.05, 0) is 51.3 Å². The minimum Gasteiger partial charge on any atom is -0.321 e. The molecule has 104 valence electrons. The highest BCUT2D eigenvalue weighted by Gasteiger charge is 2.24. The fourth-order valence-corrected chi connectivity index (χ4v) is 2.86. The SMILES string of the molecule is CSCCC(N)c1nc2ccccc2n1C(C)(C)C. The highest BCUT2D eigenvalue weighted by atomic mass is 32.2. The molecular formula is C15H23N3S. The lowest BCUT2D eigenvalue weighted by molar-refractivity contribution is 0.382. The molecule has 1 atom stereocenters. The fraction of sp³-hybridized carbons (Fsp3) is 0.533. The van der Waals surface area contributed by atoms with Crippen LogP contribution in [-0.4, -0.2) is 21.6 Å². The third-order valence-corrected chi connectivity index (χ3v) is 3.87. The van der Waals surface area contributed by atoms with Gasteiger partial charge in [0.15, 0.2) is 0 Å². The zero-order chi connectivity index (χ0) is 14.0. The number of aromatic nitrogens is 2. The number of nitrogens with zero attached hydrogens (tertiary/aromatic N) is 2. The molecule has 0 aliphatic carbocycles. The van der Waals surface area contributed by atoms with E-state index in [1.165, 1.54) is 5.52 Å². The van der Waals surface area contributed by atoms with Crippen molar-refractivity contribution < 1.29 is 0 Å². The number of benzene rings is 1. The molecule has 1 aromatic heterocycles. The summed E-state index contributed by atoms with van der Waals surface area (Å²) >= 11 is 1.83. The summed E-state index contributed by atoms with van der Waals surface area (Å²) in [6.07, 6.45) is 3.07. The Bertz CT molecular complexity index is 554. The Kier molecular flexibility index (Phi) is 4.21. The van der Waals surface area contributed by atoms with E-state index in [-0.39, 0.29) is 11.6 Å². The van der Waals surface area contributed by atoms with E-state index in [1.54, 1.807) is 0 Å². The largest absolute Gasteiger partial charge is 0.321 e. The van der Waals surface area contributed by atoms with Crippen molar-refractivity contribution in [2.75, 3.05) is 12.0 Å². The topological polar surface area (TPSA) is 43.8 Å². The maximum atomic E-state index is 6.35. The van der Waals surface area contributed by atoms with Crippen molar-refractivity contribution in [1.82, 2.24) is 9.55 Å². The van der Waals surface area contributed by atoms with Crippen molar-refractivity contribution in [3.8, 4) is 0 Å². The van der Waals surface area contributed by atoms with E-state index >= 15 is 0 Å². The van der Waals surface area contributed by atoms with E-state index in [0.717, 1.165) is 23.5 Å². The van der Waals surface area contributed by atoms with Crippen LogP contribution in [0.25, 0.3) is 11.0 Å². The standard InChI is InChI=1S/C15H23N3S/c1-15(2,3)18-13-8-6-5-7-12(13)17-14(18)11(16)9-10-19-4/h5-8,11H,9-10,16H2,1-4H3. The molecule has 4 heteroatoms.